The number of carbonyl (C=O) groups is 2. The van der Waals surface area contributed by atoms with E-state index >= 15 is 0 Å². The van der Waals surface area contributed by atoms with Crippen molar-refractivity contribution in [1.29, 1.82) is 0 Å². The lowest BCUT2D eigenvalue weighted by Crippen LogP contribution is -2.44. The molecule has 1 amide bonds. The Morgan fingerprint density at radius 1 is 1.11 bits per heavy atom. The minimum absolute atomic E-state index is 0.150. The molecule has 3 rings (SSSR count). The number of morpholine rings is 1. The molecule has 28 heavy (non-hydrogen) atoms. The fraction of sp³-hybridized carbons (Fsp3) is 0.300. The van der Waals surface area contributed by atoms with Crippen LogP contribution in [-0.4, -0.2) is 48.0 Å². The highest BCUT2D eigenvalue weighted by atomic mass is 16.6. The van der Waals surface area contributed by atoms with Gasteiger partial charge in [-0.2, -0.15) is 0 Å². The second-order valence-electron chi connectivity index (χ2n) is 6.36. The first-order chi connectivity index (χ1) is 13.5. The van der Waals surface area contributed by atoms with Gasteiger partial charge in [-0.1, -0.05) is 42.5 Å². The minimum Gasteiger partial charge on any atom is -0.443 e. The van der Waals surface area contributed by atoms with Gasteiger partial charge in [-0.3, -0.25) is 14.9 Å². The van der Waals surface area contributed by atoms with Crippen molar-refractivity contribution in [1.82, 2.24) is 4.90 Å². The lowest BCUT2D eigenvalue weighted by molar-refractivity contribution is -0.385. The number of benzene rings is 2. The number of hydrogen-bond donors (Lipinski definition) is 0. The number of nitro groups is 1. The average molecular weight is 384 g/mol. The zero-order chi connectivity index (χ0) is 20.1. The zero-order valence-electron chi connectivity index (χ0n) is 15.4. The first kappa shape index (κ1) is 19.5. The molecule has 1 aliphatic rings. The summed E-state index contributed by atoms with van der Waals surface area (Å²) in [6.45, 7) is 3.19. The van der Waals surface area contributed by atoms with E-state index in [0.29, 0.717) is 37.4 Å². The fourth-order valence-corrected chi connectivity index (χ4v) is 3.07. The summed E-state index contributed by atoms with van der Waals surface area (Å²) >= 11 is 0. The van der Waals surface area contributed by atoms with Crippen molar-refractivity contribution in [2.24, 2.45) is 0 Å². The van der Waals surface area contributed by atoms with Gasteiger partial charge in [0.25, 0.3) is 11.6 Å². The molecule has 1 atom stereocenters. The molecule has 1 aliphatic heterocycles. The van der Waals surface area contributed by atoms with E-state index in [1.807, 2.05) is 0 Å². The molecule has 0 saturated carbocycles. The summed E-state index contributed by atoms with van der Waals surface area (Å²) in [6.07, 6.45) is -1.19. The van der Waals surface area contributed by atoms with E-state index in [1.165, 1.54) is 12.1 Å². The molecule has 0 bridgehead atoms. The molecule has 0 unspecified atom stereocenters. The number of amides is 1. The zero-order valence-corrected chi connectivity index (χ0v) is 15.4. The monoisotopic (exact) mass is 384 g/mol. The van der Waals surface area contributed by atoms with Crippen LogP contribution in [0.3, 0.4) is 0 Å². The van der Waals surface area contributed by atoms with Gasteiger partial charge in [0.05, 0.1) is 18.1 Å². The van der Waals surface area contributed by atoms with E-state index in [1.54, 1.807) is 48.2 Å². The number of nitro benzene ring substituents is 1. The predicted octanol–water partition coefficient (Wildman–Crippen LogP) is 2.66. The van der Waals surface area contributed by atoms with Gasteiger partial charge in [-0.05, 0) is 12.5 Å². The molecule has 8 nitrogen and oxygen atoms in total. The first-order valence-electron chi connectivity index (χ1n) is 8.85. The third-order valence-electron chi connectivity index (χ3n) is 4.53. The van der Waals surface area contributed by atoms with E-state index in [9.17, 15) is 19.7 Å². The van der Waals surface area contributed by atoms with E-state index in [4.69, 9.17) is 9.47 Å². The summed E-state index contributed by atoms with van der Waals surface area (Å²) in [7, 11) is 0. The molecule has 8 heteroatoms. The SMILES string of the molecule is Cc1cccc([N+](=O)[O-])c1C(=O)O[C@H](C(=O)N1CCOCC1)c1ccccc1. The number of carbonyl (C=O) groups excluding carboxylic acids is 2. The Hall–Kier alpha value is -3.26. The fourth-order valence-electron chi connectivity index (χ4n) is 3.07. The normalized spacial score (nSPS) is 15.0. The number of esters is 1. The summed E-state index contributed by atoms with van der Waals surface area (Å²) in [5.41, 5.74) is 0.409. The Bertz CT molecular complexity index is 878. The number of aryl methyl sites for hydroxylation is 1. The van der Waals surface area contributed by atoms with Gasteiger partial charge in [-0.25, -0.2) is 4.79 Å². The highest BCUT2D eigenvalue weighted by Crippen LogP contribution is 2.27. The van der Waals surface area contributed by atoms with Crippen LogP contribution >= 0.6 is 0 Å². The number of ether oxygens (including phenoxy) is 2. The molecule has 0 radical (unpaired) electrons. The summed E-state index contributed by atoms with van der Waals surface area (Å²) in [6, 6.07) is 12.9. The predicted molar refractivity (Wildman–Crippen MR) is 99.8 cm³/mol. The Morgan fingerprint density at radius 2 is 1.79 bits per heavy atom. The molecule has 1 fully saturated rings. The van der Waals surface area contributed by atoms with Gasteiger partial charge < -0.3 is 14.4 Å². The van der Waals surface area contributed by atoms with Crippen molar-refractivity contribution < 1.29 is 24.0 Å². The van der Waals surface area contributed by atoms with Crippen LogP contribution in [-0.2, 0) is 14.3 Å². The van der Waals surface area contributed by atoms with Crippen LogP contribution in [0.4, 0.5) is 5.69 Å². The van der Waals surface area contributed by atoms with Crippen LogP contribution < -0.4 is 0 Å². The Kier molecular flexibility index (Phi) is 6.00. The van der Waals surface area contributed by atoms with Crippen molar-refractivity contribution in [2.45, 2.75) is 13.0 Å². The van der Waals surface area contributed by atoms with Crippen LogP contribution in [0.5, 0.6) is 0 Å². The van der Waals surface area contributed by atoms with Crippen molar-refractivity contribution in [3.8, 4) is 0 Å². The van der Waals surface area contributed by atoms with Crippen LogP contribution in [0.1, 0.15) is 27.6 Å². The van der Waals surface area contributed by atoms with Crippen molar-refractivity contribution in [3.63, 3.8) is 0 Å². The number of nitrogens with zero attached hydrogens (tertiary/aromatic N) is 2. The van der Waals surface area contributed by atoms with E-state index in [-0.39, 0.29) is 17.2 Å². The summed E-state index contributed by atoms with van der Waals surface area (Å²) in [4.78, 5) is 38.1. The second-order valence-corrected chi connectivity index (χ2v) is 6.36. The smallest absolute Gasteiger partial charge is 0.346 e. The van der Waals surface area contributed by atoms with Crippen LogP contribution in [0, 0.1) is 17.0 Å². The standard InChI is InChI=1S/C20H20N2O6/c1-14-6-5-9-16(22(25)26)17(14)20(24)28-18(15-7-3-2-4-8-15)19(23)21-10-12-27-13-11-21/h2-9,18H,10-13H2,1H3/t18-/m0/s1. The average Bonchev–Trinajstić information content (AvgIpc) is 2.72. The van der Waals surface area contributed by atoms with Crippen molar-refractivity contribution in [2.75, 3.05) is 26.3 Å². The van der Waals surface area contributed by atoms with Crippen molar-refractivity contribution >= 4 is 17.6 Å². The van der Waals surface area contributed by atoms with E-state index in [2.05, 4.69) is 0 Å². The molecule has 0 spiro atoms. The summed E-state index contributed by atoms with van der Waals surface area (Å²) in [5.74, 6) is -1.28. The van der Waals surface area contributed by atoms with Crippen LogP contribution in [0.15, 0.2) is 48.5 Å². The Morgan fingerprint density at radius 3 is 2.43 bits per heavy atom. The maximum Gasteiger partial charge on any atom is 0.346 e. The molecular formula is C20H20N2O6. The van der Waals surface area contributed by atoms with Crippen molar-refractivity contribution in [3.05, 3.63) is 75.3 Å². The third-order valence-corrected chi connectivity index (χ3v) is 4.53. The maximum absolute atomic E-state index is 13.0. The van der Waals surface area contributed by atoms with Gasteiger partial charge in [0.15, 0.2) is 0 Å². The van der Waals surface area contributed by atoms with Gasteiger partial charge in [-0.15, -0.1) is 0 Å². The quantitative estimate of drug-likeness (QED) is 0.446. The molecule has 146 valence electrons. The third kappa shape index (κ3) is 4.17. The molecule has 0 N–H and O–H groups in total. The van der Waals surface area contributed by atoms with Crippen LogP contribution in [0.2, 0.25) is 0 Å². The highest BCUT2D eigenvalue weighted by molar-refractivity contribution is 5.97. The minimum atomic E-state index is -1.19. The molecule has 0 aromatic heterocycles. The first-order valence-corrected chi connectivity index (χ1v) is 8.85. The molecule has 0 aliphatic carbocycles. The van der Waals surface area contributed by atoms with Crippen LogP contribution in [0.25, 0.3) is 0 Å². The summed E-state index contributed by atoms with van der Waals surface area (Å²) in [5, 5.41) is 11.3. The Balaban J connectivity index is 1.93. The topological polar surface area (TPSA) is 99.0 Å². The molecule has 1 saturated heterocycles. The highest BCUT2D eigenvalue weighted by Gasteiger charge is 2.33. The second kappa shape index (κ2) is 8.62. The molecular weight excluding hydrogens is 364 g/mol. The Labute approximate surface area is 161 Å². The lowest BCUT2D eigenvalue weighted by atomic mass is 10.1. The van der Waals surface area contributed by atoms with Gasteiger partial charge in [0.1, 0.15) is 5.56 Å². The molecule has 2 aromatic carbocycles. The number of rotatable bonds is 5. The molecule has 2 aromatic rings. The van der Waals surface area contributed by atoms with Gasteiger partial charge in [0, 0.05) is 24.7 Å². The van der Waals surface area contributed by atoms with E-state index in [0.717, 1.165) is 0 Å². The van der Waals surface area contributed by atoms with Gasteiger partial charge in [0.2, 0.25) is 6.10 Å². The van der Waals surface area contributed by atoms with Gasteiger partial charge >= 0.3 is 5.97 Å². The number of hydrogen-bond acceptors (Lipinski definition) is 6. The maximum atomic E-state index is 13.0. The summed E-state index contributed by atoms with van der Waals surface area (Å²) < 4.78 is 10.8. The molecule has 1 heterocycles. The van der Waals surface area contributed by atoms with E-state index < -0.39 is 17.0 Å². The lowest BCUT2D eigenvalue weighted by Gasteiger charge is -2.30. The largest absolute Gasteiger partial charge is 0.443 e.